The third-order valence-corrected chi connectivity index (χ3v) is 4.36. The number of rotatable bonds is 4. The molecule has 0 bridgehead atoms. The molecule has 1 aromatic rings. The SMILES string of the molecule is CCS(=O)(=O)C(CN)c1ccccc1. The van der Waals surface area contributed by atoms with E-state index in [0.29, 0.717) is 0 Å². The zero-order valence-electron chi connectivity index (χ0n) is 8.18. The quantitative estimate of drug-likeness (QED) is 0.815. The van der Waals surface area contributed by atoms with Gasteiger partial charge in [0.25, 0.3) is 0 Å². The molecule has 0 spiro atoms. The van der Waals surface area contributed by atoms with Crippen molar-refractivity contribution >= 4 is 9.84 Å². The normalized spacial score (nSPS) is 13.9. The predicted molar refractivity (Wildman–Crippen MR) is 57.7 cm³/mol. The van der Waals surface area contributed by atoms with Crippen LogP contribution in [-0.2, 0) is 9.84 Å². The van der Waals surface area contributed by atoms with Crippen LogP contribution in [0.25, 0.3) is 0 Å². The molecule has 3 nitrogen and oxygen atoms in total. The molecule has 1 aromatic carbocycles. The average Bonchev–Trinajstić information content (AvgIpc) is 2.20. The summed E-state index contributed by atoms with van der Waals surface area (Å²) in [6.45, 7) is 1.78. The van der Waals surface area contributed by atoms with Crippen molar-refractivity contribution in [2.24, 2.45) is 5.73 Å². The van der Waals surface area contributed by atoms with Gasteiger partial charge in [0.1, 0.15) is 0 Å². The minimum atomic E-state index is -3.09. The Morgan fingerprint density at radius 1 is 1.29 bits per heavy atom. The van der Waals surface area contributed by atoms with Crippen molar-refractivity contribution in [2.75, 3.05) is 12.3 Å². The van der Waals surface area contributed by atoms with Crippen LogP contribution in [0.1, 0.15) is 17.7 Å². The summed E-state index contributed by atoms with van der Waals surface area (Å²) in [6.07, 6.45) is 0. The van der Waals surface area contributed by atoms with Gasteiger partial charge in [-0.1, -0.05) is 37.3 Å². The molecule has 0 saturated heterocycles. The fourth-order valence-corrected chi connectivity index (χ4v) is 2.63. The number of hydrogen-bond donors (Lipinski definition) is 1. The number of benzene rings is 1. The molecule has 0 saturated carbocycles. The third-order valence-electron chi connectivity index (χ3n) is 2.22. The minimum absolute atomic E-state index is 0.129. The van der Waals surface area contributed by atoms with Gasteiger partial charge in [-0.05, 0) is 5.56 Å². The van der Waals surface area contributed by atoms with Crippen LogP contribution >= 0.6 is 0 Å². The van der Waals surface area contributed by atoms with E-state index in [9.17, 15) is 8.42 Å². The van der Waals surface area contributed by atoms with Crippen LogP contribution in [0.5, 0.6) is 0 Å². The largest absolute Gasteiger partial charge is 0.329 e. The highest BCUT2D eigenvalue weighted by atomic mass is 32.2. The summed E-state index contributed by atoms with van der Waals surface area (Å²) >= 11 is 0. The van der Waals surface area contributed by atoms with Crippen molar-refractivity contribution in [1.82, 2.24) is 0 Å². The first-order valence-corrected chi connectivity index (χ1v) is 6.30. The summed E-state index contributed by atoms with van der Waals surface area (Å²) in [5.74, 6) is 0.129. The van der Waals surface area contributed by atoms with E-state index in [2.05, 4.69) is 0 Å². The maximum Gasteiger partial charge on any atom is 0.158 e. The van der Waals surface area contributed by atoms with E-state index in [-0.39, 0.29) is 12.3 Å². The van der Waals surface area contributed by atoms with Gasteiger partial charge in [-0.3, -0.25) is 0 Å². The van der Waals surface area contributed by atoms with Crippen molar-refractivity contribution < 1.29 is 8.42 Å². The number of nitrogens with two attached hydrogens (primary N) is 1. The Labute approximate surface area is 84.9 Å². The lowest BCUT2D eigenvalue weighted by atomic mass is 10.1. The molecular formula is C10H15NO2S. The molecule has 0 aliphatic carbocycles. The average molecular weight is 213 g/mol. The maximum atomic E-state index is 11.7. The van der Waals surface area contributed by atoms with E-state index >= 15 is 0 Å². The predicted octanol–water partition coefficient (Wildman–Crippen LogP) is 1.12. The fourth-order valence-electron chi connectivity index (χ4n) is 1.36. The molecule has 0 fully saturated rings. The van der Waals surface area contributed by atoms with Gasteiger partial charge in [-0.25, -0.2) is 8.42 Å². The van der Waals surface area contributed by atoms with Gasteiger partial charge in [-0.2, -0.15) is 0 Å². The molecule has 0 radical (unpaired) electrons. The molecule has 4 heteroatoms. The summed E-state index contributed by atoms with van der Waals surface area (Å²) in [4.78, 5) is 0. The van der Waals surface area contributed by atoms with Crippen molar-refractivity contribution in [1.29, 1.82) is 0 Å². The highest BCUT2D eigenvalue weighted by Gasteiger charge is 2.23. The maximum absolute atomic E-state index is 11.7. The summed E-state index contributed by atoms with van der Waals surface area (Å²) in [7, 11) is -3.09. The summed E-state index contributed by atoms with van der Waals surface area (Å²) < 4.78 is 23.3. The van der Waals surface area contributed by atoms with Crippen molar-refractivity contribution in [3.8, 4) is 0 Å². The van der Waals surface area contributed by atoms with Crippen LogP contribution in [-0.4, -0.2) is 20.7 Å². The lowest BCUT2D eigenvalue weighted by Gasteiger charge is -2.14. The van der Waals surface area contributed by atoms with Gasteiger partial charge in [0, 0.05) is 12.3 Å². The van der Waals surface area contributed by atoms with Gasteiger partial charge >= 0.3 is 0 Å². The first kappa shape index (κ1) is 11.2. The highest BCUT2D eigenvalue weighted by molar-refractivity contribution is 7.91. The first-order chi connectivity index (χ1) is 6.61. The van der Waals surface area contributed by atoms with Crippen LogP contribution in [0, 0.1) is 0 Å². The van der Waals surface area contributed by atoms with Gasteiger partial charge in [-0.15, -0.1) is 0 Å². The standard InChI is InChI=1S/C10H15NO2S/c1-2-14(12,13)10(8-11)9-6-4-3-5-7-9/h3-7,10H,2,8,11H2,1H3. The highest BCUT2D eigenvalue weighted by Crippen LogP contribution is 2.21. The Kier molecular flexibility index (Phi) is 3.66. The molecule has 2 N–H and O–H groups in total. The monoisotopic (exact) mass is 213 g/mol. The molecule has 0 heterocycles. The Bertz CT molecular complexity index is 372. The fraction of sp³-hybridized carbons (Fsp3) is 0.400. The summed E-state index contributed by atoms with van der Waals surface area (Å²) in [6, 6.07) is 9.09. The van der Waals surface area contributed by atoms with Gasteiger partial charge < -0.3 is 5.73 Å². The molecule has 1 unspecified atom stereocenters. The van der Waals surface area contributed by atoms with Crippen molar-refractivity contribution in [2.45, 2.75) is 12.2 Å². The second kappa shape index (κ2) is 4.57. The van der Waals surface area contributed by atoms with Crippen LogP contribution in [0.15, 0.2) is 30.3 Å². The zero-order chi connectivity index (χ0) is 10.6. The third kappa shape index (κ3) is 2.33. The second-order valence-electron chi connectivity index (χ2n) is 3.09. The first-order valence-electron chi connectivity index (χ1n) is 4.58. The lowest BCUT2D eigenvalue weighted by Crippen LogP contribution is -2.23. The van der Waals surface area contributed by atoms with E-state index in [1.54, 1.807) is 19.1 Å². The van der Waals surface area contributed by atoms with Crippen LogP contribution < -0.4 is 5.73 Å². The van der Waals surface area contributed by atoms with Crippen LogP contribution in [0.2, 0.25) is 0 Å². The molecule has 0 aromatic heterocycles. The molecule has 0 amide bonds. The smallest absolute Gasteiger partial charge is 0.158 e. The molecule has 1 atom stereocenters. The molecule has 1 rings (SSSR count). The Hall–Kier alpha value is -0.870. The minimum Gasteiger partial charge on any atom is -0.329 e. The van der Waals surface area contributed by atoms with E-state index in [1.807, 2.05) is 18.2 Å². The van der Waals surface area contributed by atoms with Crippen molar-refractivity contribution in [3.05, 3.63) is 35.9 Å². The van der Waals surface area contributed by atoms with E-state index in [1.165, 1.54) is 0 Å². The topological polar surface area (TPSA) is 60.2 Å². The van der Waals surface area contributed by atoms with Crippen molar-refractivity contribution in [3.63, 3.8) is 0 Å². The van der Waals surface area contributed by atoms with Crippen LogP contribution in [0.4, 0.5) is 0 Å². The number of sulfone groups is 1. The molecule has 78 valence electrons. The van der Waals surface area contributed by atoms with E-state index in [4.69, 9.17) is 5.73 Å². The van der Waals surface area contributed by atoms with Gasteiger partial charge in [0.15, 0.2) is 9.84 Å². The number of hydrogen-bond acceptors (Lipinski definition) is 3. The Morgan fingerprint density at radius 2 is 1.86 bits per heavy atom. The van der Waals surface area contributed by atoms with E-state index in [0.717, 1.165) is 5.56 Å². The Balaban J connectivity index is 3.06. The van der Waals surface area contributed by atoms with Crippen LogP contribution in [0.3, 0.4) is 0 Å². The summed E-state index contributed by atoms with van der Waals surface area (Å²) in [5.41, 5.74) is 6.26. The van der Waals surface area contributed by atoms with Gasteiger partial charge in [0.2, 0.25) is 0 Å². The zero-order valence-corrected chi connectivity index (χ0v) is 9.00. The second-order valence-corrected chi connectivity index (χ2v) is 5.56. The molecule has 14 heavy (non-hydrogen) atoms. The lowest BCUT2D eigenvalue weighted by molar-refractivity contribution is 0.584. The van der Waals surface area contributed by atoms with Gasteiger partial charge in [0.05, 0.1) is 5.25 Å². The molecular weight excluding hydrogens is 198 g/mol. The van der Waals surface area contributed by atoms with E-state index < -0.39 is 15.1 Å². The molecule has 0 aliphatic heterocycles. The Morgan fingerprint density at radius 3 is 2.29 bits per heavy atom. The molecule has 0 aliphatic rings. The summed E-state index contributed by atoms with van der Waals surface area (Å²) in [5, 5.41) is -0.561.